The van der Waals surface area contributed by atoms with Crippen molar-refractivity contribution in [2.24, 2.45) is 16.3 Å². The number of rotatable bonds is 6. The maximum Gasteiger partial charge on any atom is 0.144 e. The van der Waals surface area contributed by atoms with Crippen LogP contribution in [0.3, 0.4) is 0 Å². The third-order valence-corrected chi connectivity index (χ3v) is 3.56. The molecule has 0 radical (unpaired) electrons. The third-order valence-electron chi connectivity index (χ3n) is 3.56. The highest BCUT2D eigenvalue weighted by molar-refractivity contribution is 5.85. The second kappa shape index (κ2) is 6.45. The predicted octanol–water partition coefficient (Wildman–Crippen LogP) is 3.27. The summed E-state index contributed by atoms with van der Waals surface area (Å²) in [5, 5.41) is 15.3. The third kappa shape index (κ3) is 4.16. The fourth-order valence-corrected chi connectivity index (χ4v) is 2.10. The Hall–Kier alpha value is -1.71. The molecule has 1 rings (SSSR count). The number of oxime groups is 1. The number of nitrogens with one attached hydrogen (secondary N) is 1. The minimum atomic E-state index is -0.267. The van der Waals surface area contributed by atoms with Crippen molar-refractivity contribution in [2.75, 3.05) is 11.9 Å². The van der Waals surface area contributed by atoms with Crippen LogP contribution in [0.5, 0.6) is 0 Å². The Bertz CT molecular complexity index is 432. The lowest BCUT2D eigenvalue weighted by molar-refractivity contribution is 0.305. The fourth-order valence-electron chi connectivity index (χ4n) is 2.10. The van der Waals surface area contributed by atoms with Gasteiger partial charge in [-0.25, -0.2) is 0 Å². The number of nitrogens with two attached hydrogens (primary N) is 1. The molecule has 0 unspecified atom stereocenters. The first-order valence-corrected chi connectivity index (χ1v) is 6.66. The second-order valence-electron chi connectivity index (χ2n) is 5.67. The summed E-state index contributed by atoms with van der Waals surface area (Å²) in [7, 11) is 0. The van der Waals surface area contributed by atoms with Crippen LogP contribution in [0.15, 0.2) is 23.4 Å². The summed E-state index contributed by atoms with van der Waals surface area (Å²) in [5.41, 5.74) is 9.14. The van der Waals surface area contributed by atoms with E-state index in [0.717, 1.165) is 19.4 Å². The Balaban J connectivity index is 2.48. The molecule has 0 aliphatic rings. The van der Waals surface area contributed by atoms with Crippen LogP contribution in [0.4, 0.5) is 5.69 Å². The lowest BCUT2D eigenvalue weighted by atomic mass is 9.86. The van der Waals surface area contributed by atoms with Gasteiger partial charge in [0.1, 0.15) is 5.84 Å². The molecule has 0 amide bonds. The molecule has 4 heteroatoms. The van der Waals surface area contributed by atoms with Crippen molar-refractivity contribution in [1.29, 1.82) is 0 Å². The summed E-state index contributed by atoms with van der Waals surface area (Å²) in [5.74, 6) is 0.291. The highest BCUT2D eigenvalue weighted by Crippen LogP contribution is 2.23. The van der Waals surface area contributed by atoms with Gasteiger partial charge in [-0.2, -0.15) is 0 Å². The molecule has 0 aliphatic carbocycles. The molecule has 0 bridgehead atoms. The summed E-state index contributed by atoms with van der Waals surface area (Å²) >= 11 is 0. The highest BCUT2D eigenvalue weighted by atomic mass is 16.4. The van der Waals surface area contributed by atoms with E-state index in [-0.39, 0.29) is 5.41 Å². The van der Waals surface area contributed by atoms with Gasteiger partial charge in [-0.05, 0) is 37.8 Å². The van der Waals surface area contributed by atoms with Crippen LogP contribution >= 0.6 is 0 Å². The summed E-state index contributed by atoms with van der Waals surface area (Å²) < 4.78 is 0. The van der Waals surface area contributed by atoms with Crippen molar-refractivity contribution in [3.8, 4) is 0 Å². The number of hydrogen-bond acceptors (Lipinski definition) is 3. The second-order valence-corrected chi connectivity index (χ2v) is 5.67. The number of benzene rings is 1. The Morgan fingerprint density at radius 2 is 1.89 bits per heavy atom. The van der Waals surface area contributed by atoms with Gasteiger partial charge in [0.25, 0.3) is 0 Å². The van der Waals surface area contributed by atoms with Crippen molar-refractivity contribution < 1.29 is 5.21 Å². The number of amidine groups is 1. The van der Waals surface area contributed by atoms with E-state index in [1.807, 2.05) is 13.8 Å². The van der Waals surface area contributed by atoms with E-state index in [0.29, 0.717) is 5.84 Å². The van der Waals surface area contributed by atoms with Crippen LogP contribution in [-0.4, -0.2) is 17.6 Å². The molecule has 1 aromatic carbocycles. The average Bonchev–Trinajstić information content (AvgIpc) is 2.36. The van der Waals surface area contributed by atoms with Crippen molar-refractivity contribution in [2.45, 2.75) is 40.5 Å². The molecule has 0 aliphatic heterocycles. The van der Waals surface area contributed by atoms with Crippen LogP contribution in [0.1, 0.15) is 37.8 Å². The molecule has 1 aromatic rings. The van der Waals surface area contributed by atoms with Gasteiger partial charge in [-0.15, -0.1) is 0 Å². The molecule has 0 spiro atoms. The lowest BCUT2D eigenvalue weighted by Crippen LogP contribution is -2.32. The Morgan fingerprint density at radius 1 is 1.32 bits per heavy atom. The van der Waals surface area contributed by atoms with Crippen molar-refractivity contribution in [3.05, 3.63) is 29.3 Å². The SMILES string of the molecule is Cc1cccc(C)c1NCCCC(C)(C)C(N)=NO. The van der Waals surface area contributed by atoms with E-state index < -0.39 is 0 Å². The van der Waals surface area contributed by atoms with Crippen LogP contribution in [-0.2, 0) is 0 Å². The van der Waals surface area contributed by atoms with E-state index in [2.05, 4.69) is 42.5 Å². The van der Waals surface area contributed by atoms with Crippen molar-refractivity contribution >= 4 is 11.5 Å². The maximum atomic E-state index is 8.73. The average molecular weight is 263 g/mol. The zero-order valence-corrected chi connectivity index (χ0v) is 12.3. The summed E-state index contributed by atoms with van der Waals surface area (Å²) in [6, 6.07) is 6.28. The summed E-state index contributed by atoms with van der Waals surface area (Å²) in [6.45, 7) is 9.07. The molecule has 4 nitrogen and oxygen atoms in total. The first kappa shape index (κ1) is 15.3. The van der Waals surface area contributed by atoms with Gasteiger partial charge in [0.15, 0.2) is 0 Å². The molecule has 0 atom stereocenters. The zero-order valence-electron chi connectivity index (χ0n) is 12.3. The van der Waals surface area contributed by atoms with Crippen molar-refractivity contribution in [1.82, 2.24) is 0 Å². The molecule has 4 N–H and O–H groups in total. The normalized spacial score (nSPS) is 12.5. The number of para-hydroxylation sites is 1. The molecule has 0 fully saturated rings. The molecule has 0 aromatic heterocycles. The monoisotopic (exact) mass is 263 g/mol. The molecular formula is C15H25N3O. The molecule has 19 heavy (non-hydrogen) atoms. The topological polar surface area (TPSA) is 70.6 Å². The summed E-state index contributed by atoms with van der Waals surface area (Å²) in [4.78, 5) is 0. The molecule has 0 heterocycles. The van der Waals surface area contributed by atoms with Gasteiger partial charge >= 0.3 is 0 Å². The molecule has 0 saturated carbocycles. The Labute approximate surface area is 115 Å². The van der Waals surface area contributed by atoms with Gasteiger partial charge in [0, 0.05) is 17.6 Å². The standard InChI is InChI=1S/C15H25N3O/c1-11-7-5-8-12(2)13(11)17-10-6-9-15(3,4)14(16)18-19/h5,7-8,17,19H,6,9-10H2,1-4H3,(H2,16,18). The van der Waals surface area contributed by atoms with E-state index >= 15 is 0 Å². The van der Waals surface area contributed by atoms with E-state index in [1.165, 1.54) is 16.8 Å². The van der Waals surface area contributed by atoms with E-state index in [1.54, 1.807) is 0 Å². The lowest BCUT2D eigenvalue weighted by Gasteiger charge is -2.23. The van der Waals surface area contributed by atoms with E-state index in [4.69, 9.17) is 10.9 Å². The Morgan fingerprint density at radius 3 is 2.42 bits per heavy atom. The number of anilines is 1. The maximum absolute atomic E-state index is 8.73. The van der Waals surface area contributed by atoms with Gasteiger partial charge in [-0.3, -0.25) is 0 Å². The van der Waals surface area contributed by atoms with Crippen LogP contribution in [0.2, 0.25) is 0 Å². The fraction of sp³-hybridized carbons (Fsp3) is 0.533. The number of nitrogens with zero attached hydrogens (tertiary/aromatic N) is 1. The zero-order chi connectivity index (χ0) is 14.5. The van der Waals surface area contributed by atoms with Crippen LogP contribution in [0, 0.1) is 19.3 Å². The first-order chi connectivity index (χ1) is 8.88. The number of hydrogen-bond donors (Lipinski definition) is 3. The van der Waals surface area contributed by atoms with Crippen LogP contribution < -0.4 is 11.1 Å². The minimum Gasteiger partial charge on any atom is -0.409 e. The van der Waals surface area contributed by atoms with Gasteiger partial charge < -0.3 is 16.3 Å². The predicted molar refractivity (Wildman–Crippen MR) is 80.8 cm³/mol. The molecule has 106 valence electrons. The summed E-state index contributed by atoms with van der Waals surface area (Å²) in [6.07, 6.45) is 1.85. The number of aryl methyl sites for hydroxylation is 2. The highest BCUT2D eigenvalue weighted by Gasteiger charge is 2.22. The largest absolute Gasteiger partial charge is 0.409 e. The molecule has 0 saturated heterocycles. The minimum absolute atomic E-state index is 0.267. The van der Waals surface area contributed by atoms with E-state index in [9.17, 15) is 0 Å². The first-order valence-electron chi connectivity index (χ1n) is 6.66. The van der Waals surface area contributed by atoms with Crippen molar-refractivity contribution in [3.63, 3.8) is 0 Å². The van der Waals surface area contributed by atoms with Gasteiger partial charge in [0.05, 0.1) is 0 Å². The molecular weight excluding hydrogens is 238 g/mol. The quantitative estimate of drug-likeness (QED) is 0.242. The van der Waals surface area contributed by atoms with Gasteiger partial charge in [-0.1, -0.05) is 37.2 Å². The van der Waals surface area contributed by atoms with Gasteiger partial charge in [0.2, 0.25) is 0 Å². The van der Waals surface area contributed by atoms with Crippen LogP contribution in [0.25, 0.3) is 0 Å². The Kier molecular flexibility index (Phi) is 5.21. The smallest absolute Gasteiger partial charge is 0.144 e.